The molecule has 0 atom stereocenters. The number of carbonyl (C=O) groups excluding carboxylic acids is 2. The van der Waals surface area contributed by atoms with Crippen molar-refractivity contribution in [1.82, 2.24) is 4.98 Å². The molecule has 0 fully saturated rings. The number of carbonyl (C=O) groups is 2. The third-order valence-corrected chi connectivity index (χ3v) is 4.98. The Bertz CT molecular complexity index is 916. The van der Waals surface area contributed by atoms with Crippen molar-refractivity contribution in [2.45, 2.75) is 60.4 Å². The van der Waals surface area contributed by atoms with E-state index in [-0.39, 0.29) is 50.4 Å². The summed E-state index contributed by atoms with van der Waals surface area (Å²) in [6.45, 7) is 10.6. The Labute approximate surface area is 209 Å². The highest BCUT2D eigenvalue weighted by Gasteiger charge is 2.24. The number of pyridine rings is 1. The van der Waals surface area contributed by atoms with Crippen LogP contribution in [0.1, 0.15) is 66.5 Å². The van der Waals surface area contributed by atoms with Gasteiger partial charge in [0.2, 0.25) is 0 Å². The van der Waals surface area contributed by atoms with Crippen LogP contribution in [0.2, 0.25) is 0 Å². The topological polar surface area (TPSA) is 91.5 Å². The first-order valence-corrected chi connectivity index (χ1v) is 10.9. The number of hydrogen-bond donors (Lipinski definition) is 1. The first kappa shape index (κ1) is 30.9. The van der Waals surface area contributed by atoms with Gasteiger partial charge in [-0.3, -0.25) is 9.78 Å². The summed E-state index contributed by atoms with van der Waals surface area (Å²) in [5.41, 5.74) is 11.9. The molecule has 1 heterocycles. The van der Waals surface area contributed by atoms with Gasteiger partial charge in [-0.25, -0.2) is 4.79 Å². The molecule has 6 nitrogen and oxygen atoms in total. The standard InChI is InChI=1S/C25H34N2O4.2ClH/c1-6-30-22(28)8-7-13-31-25(29)23-18(5)27-21(14-16(2)3)20(15-26)24(23)19-11-9-17(4)10-12-19;;/h9-12,16H,6-8,13-15,26H2,1-5H3;2*1H. The summed E-state index contributed by atoms with van der Waals surface area (Å²) in [7, 11) is 0. The number of aromatic nitrogens is 1. The zero-order valence-corrected chi connectivity index (χ0v) is 21.7. The molecule has 0 saturated heterocycles. The number of nitrogens with two attached hydrogens (primary N) is 1. The fourth-order valence-electron chi connectivity index (χ4n) is 3.55. The summed E-state index contributed by atoms with van der Waals surface area (Å²) in [6.07, 6.45) is 1.40. The molecule has 0 amide bonds. The molecule has 2 N–H and O–H groups in total. The van der Waals surface area contributed by atoms with Crippen LogP contribution in [0.3, 0.4) is 0 Å². The lowest BCUT2D eigenvalue weighted by Gasteiger charge is -2.20. The third kappa shape index (κ3) is 8.61. The third-order valence-electron chi connectivity index (χ3n) is 4.98. The van der Waals surface area contributed by atoms with Gasteiger partial charge in [0.05, 0.1) is 24.5 Å². The van der Waals surface area contributed by atoms with E-state index in [2.05, 4.69) is 13.8 Å². The van der Waals surface area contributed by atoms with Crippen LogP contribution in [0.5, 0.6) is 0 Å². The van der Waals surface area contributed by atoms with Crippen LogP contribution < -0.4 is 5.73 Å². The maximum atomic E-state index is 13.1. The maximum absolute atomic E-state index is 13.1. The second-order valence-electron chi connectivity index (χ2n) is 8.09. The summed E-state index contributed by atoms with van der Waals surface area (Å²) >= 11 is 0. The number of benzene rings is 1. The fourth-order valence-corrected chi connectivity index (χ4v) is 3.55. The Morgan fingerprint density at radius 1 is 1.06 bits per heavy atom. The number of esters is 2. The van der Waals surface area contributed by atoms with E-state index in [9.17, 15) is 9.59 Å². The van der Waals surface area contributed by atoms with Gasteiger partial charge < -0.3 is 15.2 Å². The van der Waals surface area contributed by atoms with E-state index in [0.29, 0.717) is 30.2 Å². The summed E-state index contributed by atoms with van der Waals surface area (Å²) in [4.78, 5) is 29.3. The van der Waals surface area contributed by atoms with Crippen molar-refractivity contribution >= 4 is 36.8 Å². The second kappa shape index (κ2) is 14.9. The van der Waals surface area contributed by atoms with Crippen LogP contribution >= 0.6 is 24.8 Å². The van der Waals surface area contributed by atoms with Gasteiger partial charge in [-0.15, -0.1) is 24.8 Å². The monoisotopic (exact) mass is 498 g/mol. The van der Waals surface area contributed by atoms with Crippen molar-refractivity contribution in [1.29, 1.82) is 0 Å². The zero-order valence-electron chi connectivity index (χ0n) is 20.1. The van der Waals surface area contributed by atoms with E-state index < -0.39 is 5.97 Å². The van der Waals surface area contributed by atoms with Crippen molar-refractivity contribution in [2.24, 2.45) is 11.7 Å². The quantitative estimate of drug-likeness (QED) is 0.349. The molecule has 0 aliphatic rings. The molecule has 33 heavy (non-hydrogen) atoms. The van der Waals surface area contributed by atoms with Gasteiger partial charge in [-0.1, -0.05) is 43.7 Å². The first-order valence-electron chi connectivity index (χ1n) is 10.9. The van der Waals surface area contributed by atoms with Gasteiger partial charge in [0.15, 0.2) is 0 Å². The summed E-state index contributed by atoms with van der Waals surface area (Å²) in [5.74, 6) is -0.334. The lowest BCUT2D eigenvalue weighted by molar-refractivity contribution is -0.143. The van der Waals surface area contributed by atoms with Gasteiger partial charge >= 0.3 is 11.9 Å². The van der Waals surface area contributed by atoms with E-state index in [1.54, 1.807) is 6.92 Å². The molecule has 1 aromatic heterocycles. The molecule has 2 rings (SSSR count). The van der Waals surface area contributed by atoms with E-state index in [4.69, 9.17) is 20.2 Å². The number of rotatable bonds is 10. The molecule has 0 unspecified atom stereocenters. The van der Waals surface area contributed by atoms with Gasteiger partial charge in [0.25, 0.3) is 0 Å². The van der Waals surface area contributed by atoms with Crippen LogP contribution in [0.15, 0.2) is 24.3 Å². The normalized spacial score (nSPS) is 10.3. The zero-order chi connectivity index (χ0) is 23.0. The van der Waals surface area contributed by atoms with E-state index in [1.165, 1.54) is 0 Å². The minimum Gasteiger partial charge on any atom is -0.466 e. The first-order chi connectivity index (χ1) is 14.8. The predicted molar refractivity (Wildman–Crippen MR) is 136 cm³/mol. The Balaban J connectivity index is 0.00000512. The summed E-state index contributed by atoms with van der Waals surface area (Å²) in [5, 5.41) is 0. The van der Waals surface area contributed by atoms with Crippen LogP contribution in [-0.4, -0.2) is 30.1 Å². The number of halogens is 2. The van der Waals surface area contributed by atoms with Crippen molar-refractivity contribution < 1.29 is 19.1 Å². The van der Waals surface area contributed by atoms with Gasteiger partial charge in [-0.05, 0) is 50.7 Å². The average molecular weight is 499 g/mol. The number of ether oxygens (including phenoxy) is 2. The SMILES string of the molecule is CCOC(=O)CCCOC(=O)c1c(C)nc(CC(C)C)c(CN)c1-c1ccc(C)cc1.Cl.Cl. The maximum Gasteiger partial charge on any atom is 0.340 e. The highest BCUT2D eigenvalue weighted by atomic mass is 35.5. The molecule has 1 aromatic carbocycles. The molecular formula is C25H36Cl2N2O4. The molecule has 0 saturated carbocycles. The number of hydrogen-bond acceptors (Lipinski definition) is 6. The van der Waals surface area contributed by atoms with Crippen LogP contribution in [0.4, 0.5) is 0 Å². The van der Waals surface area contributed by atoms with Crippen molar-refractivity contribution in [3.05, 3.63) is 52.3 Å². The molecule has 2 aromatic rings. The Kier molecular flexibility index (Phi) is 13.9. The minimum absolute atomic E-state index is 0. The fraction of sp³-hybridized carbons (Fsp3) is 0.480. The lowest BCUT2D eigenvalue weighted by atomic mass is 9.90. The van der Waals surface area contributed by atoms with E-state index in [0.717, 1.165) is 34.4 Å². The van der Waals surface area contributed by atoms with Crippen LogP contribution in [0, 0.1) is 19.8 Å². The summed E-state index contributed by atoms with van der Waals surface area (Å²) in [6, 6.07) is 8.03. The van der Waals surface area contributed by atoms with Crippen molar-refractivity contribution in [2.75, 3.05) is 13.2 Å². The molecule has 184 valence electrons. The lowest BCUT2D eigenvalue weighted by Crippen LogP contribution is -2.18. The minimum atomic E-state index is -0.449. The Morgan fingerprint density at radius 3 is 2.24 bits per heavy atom. The Hall–Kier alpha value is -2.15. The summed E-state index contributed by atoms with van der Waals surface area (Å²) < 4.78 is 10.4. The molecule has 0 bridgehead atoms. The van der Waals surface area contributed by atoms with Crippen molar-refractivity contribution in [3.8, 4) is 11.1 Å². The average Bonchev–Trinajstić information content (AvgIpc) is 2.71. The highest BCUT2D eigenvalue weighted by Crippen LogP contribution is 2.33. The van der Waals surface area contributed by atoms with E-state index in [1.807, 2.05) is 38.1 Å². The number of nitrogens with zero attached hydrogens (tertiary/aromatic N) is 1. The van der Waals surface area contributed by atoms with Crippen LogP contribution in [0.25, 0.3) is 11.1 Å². The molecule has 0 spiro atoms. The molecule has 0 radical (unpaired) electrons. The largest absolute Gasteiger partial charge is 0.466 e. The molecule has 0 aliphatic heterocycles. The van der Waals surface area contributed by atoms with Gasteiger partial charge in [0, 0.05) is 24.2 Å². The predicted octanol–water partition coefficient (Wildman–Crippen LogP) is 5.37. The van der Waals surface area contributed by atoms with Crippen LogP contribution in [-0.2, 0) is 27.2 Å². The molecule has 0 aliphatic carbocycles. The van der Waals surface area contributed by atoms with Gasteiger partial charge in [-0.2, -0.15) is 0 Å². The Morgan fingerprint density at radius 2 is 1.70 bits per heavy atom. The van der Waals surface area contributed by atoms with Crippen molar-refractivity contribution in [3.63, 3.8) is 0 Å². The molecular weight excluding hydrogens is 463 g/mol. The smallest absolute Gasteiger partial charge is 0.340 e. The van der Waals surface area contributed by atoms with E-state index >= 15 is 0 Å². The highest BCUT2D eigenvalue weighted by molar-refractivity contribution is 5.99. The number of aryl methyl sites for hydroxylation is 2. The molecule has 8 heteroatoms. The second-order valence-corrected chi connectivity index (χ2v) is 8.09. The van der Waals surface area contributed by atoms with Gasteiger partial charge in [0.1, 0.15) is 0 Å².